The van der Waals surface area contributed by atoms with E-state index >= 15 is 0 Å². The Morgan fingerprint density at radius 2 is 1.81 bits per heavy atom. The molecular formula is C14H22FN. The fourth-order valence-electron chi connectivity index (χ4n) is 2.51. The third kappa shape index (κ3) is 2.82. The molecule has 0 aliphatic heterocycles. The van der Waals surface area contributed by atoms with Crippen LogP contribution in [-0.4, -0.2) is 6.54 Å². The summed E-state index contributed by atoms with van der Waals surface area (Å²) >= 11 is 0. The van der Waals surface area contributed by atoms with E-state index in [1.54, 1.807) is 12.1 Å². The zero-order valence-electron chi connectivity index (χ0n) is 10.3. The highest BCUT2D eigenvalue weighted by Crippen LogP contribution is 2.33. The van der Waals surface area contributed by atoms with Crippen LogP contribution < -0.4 is 5.73 Å². The molecule has 90 valence electrons. The third-order valence-electron chi connectivity index (χ3n) is 3.28. The number of hydrogen-bond acceptors (Lipinski definition) is 1. The minimum Gasteiger partial charge on any atom is -0.330 e. The average molecular weight is 223 g/mol. The molecule has 16 heavy (non-hydrogen) atoms. The lowest BCUT2D eigenvalue weighted by molar-refractivity contribution is 0.364. The molecule has 0 fully saturated rings. The topological polar surface area (TPSA) is 26.0 Å². The van der Waals surface area contributed by atoms with E-state index in [-0.39, 0.29) is 11.2 Å². The number of halogens is 1. The van der Waals surface area contributed by atoms with Crippen LogP contribution in [0.2, 0.25) is 0 Å². The quantitative estimate of drug-likeness (QED) is 0.783. The van der Waals surface area contributed by atoms with Crippen molar-refractivity contribution in [3.05, 3.63) is 35.6 Å². The van der Waals surface area contributed by atoms with E-state index < -0.39 is 0 Å². The summed E-state index contributed by atoms with van der Waals surface area (Å²) in [6, 6.07) is 6.91. The van der Waals surface area contributed by atoms with Crippen LogP contribution in [0.15, 0.2) is 24.3 Å². The van der Waals surface area contributed by atoms with E-state index in [2.05, 4.69) is 13.8 Å². The van der Waals surface area contributed by atoms with Crippen LogP contribution in [0.4, 0.5) is 4.39 Å². The van der Waals surface area contributed by atoms with Crippen LogP contribution in [0.25, 0.3) is 0 Å². The summed E-state index contributed by atoms with van der Waals surface area (Å²) in [7, 11) is 0. The monoisotopic (exact) mass is 223 g/mol. The first-order chi connectivity index (χ1) is 7.68. The predicted molar refractivity (Wildman–Crippen MR) is 66.9 cm³/mol. The summed E-state index contributed by atoms with van der Waals surface area (Å²) in [4.78, 5) is 0. The second-order valence-electron chi connectivity index (χ2n) is 4.49. The zero-order valence-corrected chi connectivity index (χ0v) is 10.3. The van der Waals surface area contributed by atoms with Crippen LogP contribution in [0.5, 0.6) is 0 Å². The van der Waals surface area contributed by atoms with E-state index in [4.69, 9.17) is 5.73 Å². The van der Waals surface area contributed by atoms with Gasteiger partial charge >= 0.3 is 0 Å². The van der Waals surface area contributed by atoms with Crippen LogP contribution >= 0.6 is 0 Å². The Morgan fingerprint density at radius 3 is 2.25 bits per heavy atom. The largest absolute Gasteiger partial charge is 0.330 e. The van der Waals surface area contributed by atoms with Crippen molar-refractivity contribution in [2.45, 2.75) is 44.9 Å². The normalized spacial score (nSPS) is 11.8. The zero-order chi connectivity index (χ0) is 12.0. The molecule has 0 unspecified atom stereocenters. The van der Waals surface area contributed by atoms with Gasteiger partial charge in [0, 0.05) is 12.0 Å². The van der Waals surface area contributed by atoms with E-state index in [1.165, 1.54) is 6.07 Å². The molecule has 1 aromatic rings. The Hall–Kier alpha value is -0.890. The highest BCUT2D eigenvalue weighted by molar-refractivity contribution is 5.26. The number of benzene rings is 1. The fraction of sp³-hybridized carbons (Fsp3) is 0.571. The standard InChI is InChI=1S/C14H22FN/c1-3-8-14(11-16,9-4-2)12-6-5-7-13(15)10-12/h5-7,10H,3-4,8-9,11,16H2,1-2H3. The molecule has 2 heteroatoms. The molecule has 0 aliphatic rings. The lowest BCUT2D eigenvalue weighted by Gasteiger charge is -2.33. The molecule has 0 bridgehead atoms. The molecule has 0 amide bonds. The Morgan fingerprint density at radius 1 is 1.19 bits per heavy atom. The lowest BCUT2D eigenvalue weighted by atomic mass is 9.73. The SMILES string of the molecule is CCCC(CN)(CCC)c1cccc(F)c1. The van der Waals surface area contributed by atoms with Gasteiger partial charge in [-0.05, 0) is 30.5 Å². The molecule has 0 saturated heterocycles. The Labute approximate surface area is 97.9 Å². The molecule has 0 radical (unpaired) electrons. The van der Waals surface area contributed by atoms with E-state index in [0.717, 1.165) is 31.2 Å². The summed E-state index contributed by atoms with van der Waals surface area (Å²) in [6.07, 6.45) is 4.21. The summed E-state index contributed by atoms with van der Waals surface area (Å²) < 4.78 is 13.3. The van der Waals surface area contributed by atoms with E-state index in [0.29, 0.717) is 6.54 Å². The third-order valence-corrected chi connectivity index (χ3v) is 3.28. The van der Waals surface area contributed by atoms with Crippen molar-refractivity contribution in [2.75, 3.05) is 6.54 Å². The first-order valence-electron chi connectivity index (χ1n) is 6.14. The van der Waals surface area contributed by atoms with Crippen molar-refractivity contribution in [1.29, 1.82) is 0 Å². The van der Waals surface area contributed by atoms with Gasteiger partial charge in [-0.3, -0.25) is 0 Å². The minimum absolute atomic E-state index is 0.0361. The van der Waals surface area contributed by atoms with Crippen molar-refractivity contribution in [2.24, 2.45) is 5.73 Å². The van der Waals surface area contributed by atoms with Crippen LogP contribution in [-0.2, 0) is 5.41 Å². The van der Waals surface area contributed by atoms with Gasteiger partial charge in [-0.2, -0.15) is 0 Å². The van der Waals surface area contributed by atoms with Gasteiger partial charge in [0.15, 0.2) is 0 Å². The summed E-state index contributed by atoms with van der Waals surface area (Å²) in [5.74, 6) is -0.164. The maximum atomic E-state index is 13.3. The lowest BCUT2D eigenvalue weighted by Crippen LogP contribution is -2.35. The van der Waals surface area contributed by atoms with Gasteiger partial charge in [-0.25, -0.2) is 4.39 Å². The first-order valence-corrected chi connectivity index (χ1v) is 6.14. The summed E-state index contributed by atoms with van der Waals surface area (Å²) in [5.41, 5.74) is 6.96. The van der Waals surface area contributed by atoms with Crippen LogP contribution in [0.3, 0.4) is 0 Å². The fourth-order valence-corrected chi connectivity index (χ4v) is 2.51. The van der Waals surface area contributed by atoms with Crippen molar-refractivity contribution in [3.8, 4) is 0 Å². The molecule has 1 nitrogen and oxygen atoms in total. The van der Waals surface area contributed by atoms with E-state index in [1.807, 2.05) is 6.07 Å². The molecule has 2 N–H and O–H groups in total. The highest BCUT2D eigenvalue weighted by Gasteiger charge is 2.28. The number of hydrogen-bond donors (Lipinski definition) is 1. The molecule has 0 spiro atoms. The Bertz CT molecular complexity index is 316. The number of rotatable bonds is 6. The Kier molecular flexibility index (Phi) is 4.94. The smallest absolute Gasteiger partial charge is 0.123 e. The highest BCUT2D eigenvalue weighted by atomic mass is 19.1. The predicted octanol–water partition coefficient (Wildman–Crippen LogP) is 3.62. The van der Waals surface area contributed by atoms with Gasteiger partial charge in [0.1, 0.15) is 5.82 Å². The van der Waals surface area contributed by atoms with Crippen LogP contribution in [0, 0.1) is 5.82 Å². The summed E-state index contributed by atoms with van der Waals surface area (Å²) in [5, 5.41) is 0. The molecule has 1 aromatic carbocycles. The van der Waals surface area contributed by atoms with Crippen molar-refractivity contribution in [3.63, 3.8) is 0 Å². The molecule has 0 aromatic heterocycles. The molecule has 0 saturated carbocycles. The second kappa shape index (κ2) is 6.00. The molecule has 1 rings (SSSR count). The van der Waals surface area contributed by atoms with Crippen LogP contribution in [0.1, 0.15) is 45.1 Å². The average Bonchev–Trinajstić information content (AvgIpc) is 2.28. The van der Waals surface area contributed by atoms with Crippen molar-refractivity contribution >= 4 is 0 Å². The van der Waals surface area contributed by atoms with Crippen molar-refractivity contribution in [1.82, 2.24) is 0 Å². The van der Waals surface area contributed by atoms with Gasteiger partial charge in [-0.15, -0.1) is 0 Å². The maximum Gasteiger partial charge on any atom is 0.123 e. The van der Waals surface area contributed by atoms with Gasteiger partial charge < -0.3 is 5.73 Å². The van der Waals surface area contributed by atoms with Gasteiger partial charge in [0.05, 0.1) is 0 Å². The maximum absolute atomic E-state index is 13.3. The van der Waals surface area contributed by atoms with E-state index in [9.17, 15) is 4.39 Å². The molecule has 0 aliphatic carbocycles. The Balaban J connectivity index is 3.07. The number of nitrogens with two attached hydrogens (primary N) is 1. The van der Waals surface area contributed by atoms with Gasteiger partial charge in [0.25, 0.3) is 0 Å². The second-order valence-corrected chi connectivity index (χ2v) is 4.49. The molecule has 0 heterocycles. The van der Waals surface area contributed by atoms with Crippen molar-refractivity contribution < 1.29 is 4.39 Å². The molecule has 0 atom stereocenters. The molecular weight excluding hydrogens is 201 g/mol. The van der Waals surface area contributed by atoms with Gasteiger partial charge in [0.2, 0.25) is 0 Å². The minimum atomic E-state index is -0.164. The van der Waals surface area contributed by atoms with Gasteiger partial charge in [-0.1, -0.05) is 38.8 Å². The first kappa shape index (κ1) is 13.2. The summed E-state index contributed by atoms with van der Waals surface area (Å²) in [6.45, 7) is 4.90.